The Labute approximate surface area is 95.6 Å². The van der Waals surface area contributed by atoms with E-state index in [0.29, 0.717) is 5.02 Å². The molecule has 0 aliphatic heterocycles. The van der Waals surface area contributed by atoms with Gasteiger partial charge in [0.15, 0.2) is 0 Å². The van der Waals surface area contributed by atoms with Gasteiger partial charge in [0.2, 0.25) is 5.96 Å². The second-order valence-corrected chi connectivity index (χ2v) is 3.17. The van der Waals surface area contributed by atoms with Gasteiger partial charge in [-0.1, -0.05) is 11.6 Å². The minimum absolute atomic E-state index is 0.126. The molecule has 16 heavy (non-hydrogen) atoms. The summed E-state index contributed by atoms with van der Waals surface area (Å²) in [6.45, 7) is 0. The maximum Gasteiger partial charge on any atom is 0.278 e. The summed E-state index contributed by atoms with van der Waals surface area (Å²) in [6.07, 6.45) is 1.16. The summed E-state index contributed by atoms with van der Waals surface area (Å²) in [6, 6.07) is 4.09. The second-order valence-electron chi connectivity index (χ2n) is 2.73. The maximum absolute atomic E-state index is 10.6. The smallest absolute Gasteiger partial charge is 0.278 e. The van der Waals surface area contributed by atoms with E-state index in [-0.39, 0.29) is 17.2 Å². The van der Waals surface area contributed by atoms with Gasteiger partial charge < -0.3 is 11.5 Å². The Morgan fingerprint density at radius 1 is 1.50 bits per heavy atom. The lowest BCUT2D eigenvalue weighted by Gasteiger charge is -1.96. The molecule has 0 fully saturated rings. The quantitative estimate of drug-likeness (QED) is 0.353. The highest BCUT2D eigenvalue weighted by atomic mass is 35.5. The summed E-state index contributed by atoms with van der Waals surface area (Å²) in [4.78, 5) is 10.1. The Morgan fingerprint density at radius 3 is 2.75 bits per heavy atom. The van der Waals surface area contributed by atoms with Crippen LogP contribution in [0, 0.1) is 10.1 Å². The summed E-state index contributed by atoms with van der Waals surface area (Å²) < 4.78 is 0. The molecule has 0 aromatic heterocycles. The zero-order valence-electron chi connectivity index (χ0n) is 8.00. The molecule has 0 amide bonds. The molecule has 1 aromatic rings. The lowest BCUT2D eigenvalue weighted by atomic mass is 10.2. The van der Waals surface area contributed by atoms with Gasteiger partial charge in [0, 0.05) is 11.1 Å². The minimum Gasteiger partial charge on any atom is -0.369 e. The first-order valence-electron chi connectivity index (χ1n) is 4.06. The minimum atomic E-state index is -0.548. The van der Waals surface area contributed by atoms with Gasteiger partial charge in [0.25, 0.3) is 5.69 Å². The summed E-state index contributed by atoms with van der Waals surface area (Å²) in [5.41, 5.74) is 10.2. The van der Waals surface area contributed by atoms with E-state index in [0.717, 1.165) is 6.21 Å². The van der Waals surface area contributed by atoms with E-state index in [9.17, 15) is 10.1 Å². The third-order valence-electron chi connectivity index (χ3n) is 1.56. The molecule has 0 spiro atoms. The van der Waals surface area contributed by atoms with Crippen LogP contribution in [-0.2, 0) is 0 Å². The van der Waals surface area contributed by atoms with Gasteiger partial charge in [-0.25, -0.2) is 0 Å². The largest absolute Gasteiger partial charge is 0.369 e. The summed E-state index contributed by atoms with van der Waals surface area (Å²) in [5.74, 6) is -0.235. The van der Waals surface area contributed by atoms with Crippen LogP contribution in [0.4, 0.5) is 5.69 Å². The van der Waals surface area contributed by atoms with Crippen LogP contribution in [0.25, 0.3) is 0 Å². The van der Waals surface area contributed by atoms with Gasteiger partial charge in [-0.05, 0) is 12.1 Å². The van der Waals surface area contributed by atoms with Gasteiger partial charge in [-0.2, -0.15) is 5.10 Å². The molecule has 0 bridgehead atoms. The van der Waals surface area contributed by atoms with E-state index in [1.54, 1.807) is 0 Å². The van der Waals surface area contributed by atoms with Crippen LogP contribution in [0.5, 0.6) is 0 Å². The highest BCUT2D eigenvalue weighted by molar-refractivity contribution is 6.31. The zero-order valence-corrected chi connectivity index (χ0v) is 8.76. The van der Waals surface area contributed by atoms with Crippen LogP contribution in [0.3, 0.4) is 0 Å². The highest BCUT2D eigenvalue weighted by Gasteiger charge is 2.11. The van der Waals surface area contributed by atoms with Crippen molar-refractivity contribution in [2.24, 2.45) is 21.7 Å². The molecule has 0 unspecified atom stereocenters. The van der Waals surface area contributed by atoms with Gasteiger partial charge in [0.1, 0.15) is 0 Å². The van der Waals surface area contributed by atoms with Crippen molar-refractivity contribution in [3.8, 4) is 0 Å². The SMILES string of the molecule is NC(N)=NN=Cc1cc(Cl)ccc1[N+](=O)[O-]. The number of nitrogens with zero attached hydrogens (tertiary/aromatic N) is 3. The molecule has 4 N–H and O–H groups in total. The monoisotopic (exact) mass is 241 g/mol. The van der Waals surface area contributed by atoms with E-state index >= 15 is 0 Å². The number of rotatable bonds is 3. The Kier molecular flexibility index (Phi) is 3.78. The standard InChI is InChI=1S/C8H8ClN5O2/c9-6-1-2-7(14(15)16)5(3-6)4-12-13-8(10)11/h1-4H,(H4,10,11,13). The molecular weight excluding hydrogens is 234 g/mol. The zero-order chi connectivity index (χ0) is 12.1. The van der Waals surface area contributed by atoms with E-state index in [2.05, 4.69) is 10.2 Å². The molecule has 0 aliphatic carbocycles. The molecule has 1 aromatic carbocycles. The molecule has 0 radical (unpaired) electrons. The van der Waals surface area contributed by atoms with E-state index in [4.69, 9.17) is 23.1 Å². The fraction of sp³-hybridized carbons (Fsp3) is 0. The molecular formula is C8H8ClN5O2. The van der Waals surface area contributed by atoms with Crippen LogP contribution in [0.2, 0.25) is 5.02 Å². The predicted octanol–water partition coefficient (Wildman–Crippen LogP) is 0.856. The third-order valence-corrected chi connectivity index (χ3v) is 1.79. The number of guanidine groups is 1. The van der Waals surface area contributed by atoms with Crippen molar-refractivity contribution in [3.05, 3.63) is 38.9 Å². The van der Waals surface area contributed by atoms with E-state index in [1.807, 2.05) is 0 Å². The van der Waals surface area contributed by atoms with Gasteiger partial charge >= 0.3 is 0 Å². The van der Waals surface area contributed by atoms with Gasteiger partial charge in [-0.3, -0.25) is 10.1 Å². The predicted molar refractivity (Wildman–Crippen MR) is 61.5 cm³/mol. The fourth-order valence-electron chi connectivity index (χ4n) is 0.953. The van der Waals surface area contributed by atoms with Crippen molar-refractivity contribution >= 4 is 29.5 Å². The first-order chi connectivity index (χ1) is 7.50. The van der Waals surface area contributed by atoms with Crippen molar-refractivity contribution in [3.63, 3.8) is 0 Å². The van der Waals surface area contributed by atoms with E-state index < -0.39 is 4.92 Å². The van der Waals surface area contributed by atoms with Crippen LogP contribution >= 0.6 is 11.6 Å². The normalized spacial score (nSPS) is 10.3. The maximum atomic E-state index is 10.6. The fourth-order valence-corrected chi connectivity index (χ4v) is 1.13. The number of nitrogens with two attached hydrogens (primary N) is 2. The Bertz CT molecular complexity index is 467. The Hall–Kier alpha value is -2.15. The number of benzene rings is 1. The molecule has 0 aliphatic rings. The van der Waals surface area contributed by atoms with Gasteiger partial charge in [-0.15, -0.1) is 5.10 Å². The summed E-state index contributed by atoms with van der Waals surface area (Å²) in [7, 11) is 0. The lowest BCUT2D eigenvalue weighted by Crippen LogP contribution is -2.21. The topological polar surface area (TPSA) is 120 Å². The summed E-state index contributed by atoms with van der Waals surface area (Å²) >= 11 is 5.69. The molecule has 8 heteroatoms. The molecule has 0 saturated heterocycles. The Balaban J connectivity index is 3.10. The van der Waals surface area contributed by atoms with Crippen molar-refractivity contribution in [1.29, 1.82) is 0 Å². The molecule has 0 saturated carbocycles. The molecule has 84 valence electrons. The van der Waals surface area contributed by atoms with Crippen molar-refractivity contribution < 1.29 is 4.92 Å². The number of nitro benzene ring substituents is 1. The first-order valence-corrected chi connectivity index (χ1v) is 4.44. The third kappa shape index (κ3) is 3.21. The molecule has 1 rings (SSSR count). The summed E-state index contributed by atoms with van der Waals surface area (Å²) in [5, 5.41) is 17.8. The number of hydrogen-bond donors (Lipinski definition) is 2. The molecule has 0 heterocycles. The first kappa shape index (κ1) is 11.9. The highest BCUT2D eigenvalue weighted by Crippen LogP contribution is 2.20. The van der Waals surface area contributed by atoms with Gasteiger partial charge in [0.05, 0.1) is 16.7 Å². The Morgan fingerprint density at radius 2 is 2.19 bits per heavy atom. The van der Waals surface area contributed by atoms with Crippen LogP contribution < -0.4 is 11.5 Å². The second kappa shape index (κ2) is 5.08. The number of halogens is 1. The van der Waals surface area contributed by atoms with Crippen molar-refractivity contribution in [2.75, 3.05) is 0 Å². The molecule has 7 nitrogen and oxygen atoms in total. The van der Waals surface area contributed by atoms with Crippen molar-refractivity contribution in [2.45, 2.75) is 0 Å². The average Bonchev–Trinajstić information content (AvgIpc) is 2.16. The van der Waals surface area contributed by atoms with E-state index in [1.165, 1.54) is 18.2 Å². The lowest BCUT2D eigenvalue weighted by molar-refractivity contribution is -0.385. The number of hydrogen-bond acceptors (Lipinski definition) is 4. The van der Waals surface area contributed by atoms with Crippen LogP contribution in [0.1, 0.15) is 5.56 Å². The number of nitro groups is 1. The van der Waals surface area contributed by atoms with Crippen LogP contribution in [0.15, 0.2) is 28.4 Å². The average molecular weight is 242 g/mol. The molecule has 0 atom stereocenters. The van der Waals surface area contributed by atoms with Crippen molar-refractivity contribution in [1.82, 2.24) is 0 Å². The van der Waals surface area contributed by atoms with Crippen LogP contribution in [-0.4, -0.2) is 17.1 Å².